The van der Waals surface area contributed by atoms with Gasteiger partial charge in [0.25, 0.3) is 0 Å². The maximum Gasteiger partial charge on any atom is 0.319 e. The van der Waals surface area contributed by atoms with E-state index in [4.69, 9.17) is 5.11 Å². The highest BCUT2D eigenvalue weighted by Gasteiger charge is 2.09. The van der Waals surface area contributed by atoms with Crippen molar-refractivity contribution < 1.29 is 14.7 Å². The zero-order chi connectivity index (χ0) is 15.7. The fourth-order valence-electron chi connectivity index (χ4n) is 2.09. The van der Waals surface area contributed by atoms with Gasteiger partial charge in [-0.2, -0.15) is 0 Å². The molecular formula is C16H24N2O3. The Morgan fingerprint density at radius 3 is 2.38 bits per heavy atom. The molecular weight excluding hydrogens is 268 g/mol. The van der Waals surface area contributed by atoms with Crippen LogP contribution < -0.4 is 10.6 Å². The molecule has 0 aromatic heterocycles. The second-order valence-electron chi connectivity index (χ2n) is 5.08. The summed E-state index contributed by atoms with van der Waals surface area (Å²) in [5.74, 6) is -0.807. The number of carbonyl (C=O) groups excluding carboxylic acids is 1. The summed E-state index contributed by atoms with van der Waals surface area (Å²) in [6.45, 7) is 4.15. The number of carboxylic acid groups (broad SMARTS) is 1. The van der Waals surface area contributed by atoms with E-state index in [-0.39, 0.29) is 18.5 Å². The number of anilines is 1. The Balaban J connectivity index is 2.47. The number of urea groups is 1. The smallest absolute Gasteiger partial charge is 0.319 e. The number of nitrogens with one attached hydrogen (secondary N) is 2. The van der Waals surface area contributed by atoms with Crippen molar-refractivity contribution in [2.45, 2.75) is 52.0 Å². The quantitative estimate of drug-likeness (QED) is 0.687. The predicted octanol–water partition coefficient (Wildman–Crippen LogP) is 3.40. The summed E-state index contributed by atoms with van der Waals surface area (Å²) < 4.78 is 0. The molecule has 0 heterocycles. The van der Waals surface area contributed by atoms with E-state index in [1.807, 2.05) is 12.1 Å². The van der Waals surface area contributed by atoms with Gasteiger partial charge in [-0.25, -0.2) is 4.79 Å². The van der Waals surface area contributed by atoms with Crippen molar-refractivity contribution in [3.63, 3.8) is 0 Å². The molecule has 0 bridgehead atoms. The van der Waals surface area contributed by atoms with E-state index in [1.165, 1.54) is 0 Å². The summed E-state index contributed by atoms with van der Waals surface area (Å²) >= 11 is 0. The molecule has 0 saturated carbocycles. The van der Waals surface area contributed by atoms with Gasteiger partial charge >= 0.3 is 12.0 Å². The third-order valence-electron chi connectivity index (χ3n) is 3.30. The molecule has 0 fully saturated rings. The monoisotopic (exact) mass is 292 g/mol. The highest BCUT2D eigenvalue weighted by Crippen LogP contribution is 2.11. The number of hydrogen-bond donors (Lipinski definition) is 3. The molecule has 1 unspecified atom stereocenters. The largest absolute Gasteiger partial charge is 0.481 e. The Morgan fingerprint density at radius 2 is 1.86 bits per heavy atom. The number of aryl methyl sites for hydroxylation is 1. The number of amides is 2. The average Bonchev–Trinajstić information content (AvgIpc) is 2.46. The molecule has 1 aromatic rings. The van der Waals surface area contributed by atoms with E-state index < -0.39 is 5.97 Å². The van der Waals surface area contributed by atoms with Crippen LogP contribution in [-0.2, 0) is 11.2 Å². The highest BCUT2D eigenvalue weighted by atomic mass is 16.4. The maximum absolute atomic E-state index is 11.9. The number of benzene rings is 1. The minimum atomic E-state index is -0.807. The van der Waals surface area contributed by atoms with Crippen LogP contribution in [0.5, 0.6) is 0 Å². The van der Waals surface area contributed by atoms with Crippen molar-refractivity contribution in [1.82, 2.24) is 5.32 Å². The number of hydrogen-bond acceptors (Lipinski definition) is 2. The fourth-order valence-corrected chi connectivity index (χ4v) is 2.09. The summed E-state index contributed by atoms with van der Waals surface area (Å²) in [5.41, 5.74) is 1.65. The first-order valence-electron chi connectivity index (χ1n) is 7.43. The molecule has 2 amide bonds. The molecule has 116 valence electrons. The van der Waals surface area contributed by atoms with Crippen molar-refractivity contribution in [1.29, 1.82) is 0 Å². The summed E-state index contributed by atoms with van der Waals surface area (Å²) in [6, 6.07) is 7.25. The van der Waals surface area contributed by atoms with Gasteiger partial charge in [0, 0.05) is 18.2 Å². The zero-order valence-corrected chi connectivity index (χ0v) is 12.7. The van der Waals surface area contributed by atoms with Gasteiger partial charge in [0.05, 0.1) is 0 Å². The van der Waals surface area contributed by atoms with E-state index in [0.29, 0.717) is 12.1 Å². The van der Waals surface area contributed by atoms with Crippen LogP contribution in [0.1, 0.15) is 45.1 Å². The van der Waals surface area contributed by atoms with Gasteiger partial charge in [-0.3, -0.25) is 4.79 Å². The molecule has 0 aliphatic rings. The third-order valence-corrected chi connectivity index (χ3v) is 3.30. The molecule has 3 N–H and O–H groups in total. The van der Waals surface area contributed by atoms with Gasteiger partial charge in [-0.1, -0.05) is 32.4 Å². The Labute approximate surface area is 125 Å². The molecule has 1 atom stereocenters. The van der Waals surface area contributed by atoms with Crippen LogP contribution in [0.15, 0.2) is 24.3 Å². The van der Waals surface area contributed by atoms with Crippen molar-refractivity contribution in [2.75, 3.05) is 5.32 Å². The van der Waals surface area contributed by atoms with Crippen LogP contribution in [-0.4, -0.2) is 23.1 Å². The molecule has 5 heteroatoms. The molecule has 0 aliphatic carbocycles. The Bertz CT molecular complexity index is 457. The van der Waals surface area contributed by atoms with Gasteiger partial charge in [0.15, 0.2) is 0 Å². The first kappa shape index (κ1) is 17.0. The van der Waals surface area contributed by atoms with E-state index in [1.54, 1.807) is 12.1 Å². The van der Waals surface area contributed by atoms with E-state index in [0.717, 1.165) is 24.8 Å². The molecule has 1 aromatic carbocycles. The van der Waals surface area contributed by atoms with Crippen LogP contribution in [0, 0.1) is 0 Å². The van der Waals surface area contributed by atoms with Gasteiger partial charge < -0.3 is 15.7 Å². The SMILES string of the molecule is CCCC(CC)NC(=O)Nc1ccc(CCC(=O)O)cc1. The molecule has 0 radical (unpaired) electrons. The van der Waals surface area contributed by atoms with Crippen LogP contribution in [0.2, 0.25) is 0 Å². The van der Waals surface area contributed by atoms with Crippen LogP contribution >= 0.6 is 0 Å². The van der Waals surface area contributed by atoms with Gasteiger partial charge in [-0.05, 0) is 37.0 Å². The zero-order valence-electron chi connectivity index (χ0n) is 12.7. The summed E-state index contributed by atoms with van der Waals surface area (Å²) in [5, 5.41) is 14.4. The van der Waals surface area contributed by atoms with Crippen molar-refractivity contribution in [3.8, 4) is 0 Å². The van der Waals surface area contributed by atoms with E-state index in [9.17, 15) is 9.59 Å². The Morgan fingerprint density at radius 1 is 1.19 bits per heavy atom. The van der Waals surface area contributed by atoms with Crippen LogP contribution in [0.4, 0.5) is 10.5 Å². The first-order valence-corrected chi connectivity index (χ1v) is 7.43. The number of carboxylic acids is 1. The molecule has 0 spiro atoms. The van der Waals surface area contributed by atoms with Crippen molar-refractivity contribution >= 4 is 17.7 Å². The number of carbonyl (C=O) groups is 2. The summed E-state index contributed by atoms with van der Waals surface area (Å²) in [4.78, 5) is 22.4. The predicted molar refractivity (Wildman–Crippen MR) is 83.5 cm³/mol. The lowest BCUT2D eigenvalue weighted by Crippen LogP contribution is -2.37. The Hall–Kier alpha value is -2.04. The molecule has 1 rings (SSSR count). The van der Waals surface area contributed by atoms with Gasteiger partial charge in [-0.15, -0.1) is 0 Å². The second kappa shape index (κ2) is 9.00. The average molecular weight is 292 g/mol. The van der Waals surface area contributed by atoms with Crippen LogP contribution in [0.3, 0.4) is 0 Å². The Kier molecular flexibility index (Phi) is 7.29. The first-order chi connectivity index (χ1) is 10.0. The normalized spacial score (nSPS) is 11.7. The number of rotatable bonds is 8. The highest BCUT2D eigenvalue weighted by molar-refractivity contribution is 5.89. The molecule has 0 aliphatic heterocycles. The minimum absolute atomic E-state index is 0.114. The minimum Gasteiger partial charge on any atom is -0.481 e. The summed E-state index contributed by atoms with van der Waals surface area (Å²) in [7, 11) is 0. The van der Waals surface area contributed by atoms with Gasteiger partial charge in [0.2, 0.25) is 0 Å². The lowest BCUT2D eigenvalue weighted by Gasteiger charge is -2.16. The maximum atomic E-state index is 11.9. The second-order valence-corrected chi connectivity index (χ2v) is 5.08. The van der Waals surface area contributed by atoms with Crippen molar-refractivity contribution in [3.05, 3.63) is 29.8 Å². The van der Waals surface area contributed by atoms with E-state index in [2.05, 4.69) is 24.5 Å². The van der Waals surface area contributed by atoms with E-state index >= 15 is 0 Å². The van der Waals surface area contributed by atoms with Crippen molar-refractivity contribution in [2.24, 2.45) is 0 Å². The van der Waals surface area contributed by atoms with Crippen LogP contribution in [0.25, 0.3) is 0 Å². The molecule has 21 heavy (non-hydrogen) atoms. The molecule has 5 nitrogen and oxygen atoms in total. The van der Waals surface area contributed by atoms with Gasteiger partial charge in [0.1, 0.15) is 0 Å². The lowest BCUT2D eigenvalue weighted by molar-refractivity contribution is -0.136. The molecule has 0 saturated heterocycles. The topological polar surface area (TPSA) is 78.4 Å². The third kappa shape index (κ3) is 6.79. The number of aliphatic carboxylic acids is 1. The summed E-state index contributed by atoms with van der Waals surface area (Å²) in [6.07, 6.45) is 3.53. The fraction of sp³-hybridized carbons (Fsp3) is 0.500. The lowest BCUT2D eigenvalue weighted by atomic mass is 10.1. The standard InChI is InChI=1S/C16H24N2O3/c1-3-5-13(4-2)17-16(21)18-14-9-6-12(7-10-14)8-11-15(19)20/h6-7,9-10,13H,3-5,8,11H2,1-2H3,(H,19,20)(H2,17,18,21).